The Morgan fingerprint density at radius 1 is 1.27 bits per heavy atom. The third-order valence-electron chi connectivity index (χ3n) is 4.02. The lowest BCUT2D eigenvalue weighted by Gasteiger charge is -2.30. The Bertz CT molecular complexity index is 893. The van der Waals surface area contributed by atoms with Gasteiger partial charge in [-0.15, -0.1) is 11.3 Å². The molecule has 1 aromatic carbocycles. The summed E-state index contributed by atoms with van der Waals surface area (Å²) in [5, 5.41) is 9.85. The molecule has 4 rings (SSSR count). The maximum atomic E-state index is 12.5. The standard InChI is InChI=1S/C18H18N4O3S/c1-12-16(25-15-6-3-2-5-14(15)24-12)17(23)19-9-7-13-11-26-18(21-13)22-10-4-8-20-22/h2-6,8,10-12,16H,7,9H2,1H3,(H,19,23). The minimum absolute atomic E-state index is 0.186. The van der Waals surface area contributed by atoms with Gasteiger partial charge < -0.3 is 14.8 Å². The molecule has 1 aliphatic heterocycles. The molecular weight excluding hydrogens is 352 g/mol. The number of nitrogens with one attached hydrogen (secondary N) is 1. The van der Waals surface area contributed by atoms with Crippen LogP contribution in [-0.2, 0) is 11.2 Å². The summed E-state index contributed by atoms with van der Waals surface area (Å²) in [7, 11) is 0. The lowest BCUT2D eigenvalue weighted by molar-refractivity contribution is -0.133. The molecule has 26 heavy (non-hydrogen) atoms. The van der Waals surface area contributed by atoms with Gasteiger partial charge in [0.1, 0.15) is 6.10 Å². The van der Waals surface area contributed by atoms with Gasteiger partial charge in [0.2, 0.25) is 11.2 Å². The fourth-order valence-corrected chi connectivity index (χ4v) is 3.52. The number of carbonyl (C=O) groups excluding carboxylic acids is 1. The molecule has 0 bridgehead atoms. The van der Waals surface area contributed by atoms with E-state index in [-0.39, 0.29) is 12.0 Å². The number of carbonyl (C=O) groups is 1. The molecule has 134 valence electrons. The SMILES string of the molecule is CC1Oc2ccccc2OC1C(=O)NCCc1csc(-n2cccn2)n1. The maximum absolute atomic E-state index is 12.5. The molecule has 0 aliphatic carbocycles. The van der Waals surface area contributed by atoms with Crippen molar-refractivity contribution < 1.29 is 14.3 Å². The average Bonchev–Trinajstić information content (AvgIpc) is 3.32. The zero-order valence-electron chi connectivity index (χ0n) is 14.2. The van der Waals surface area contributed by atoms with Crippen molar-refractivity contribution in [2.45, 2.75) is 25.6 Å². The summed E-state index contributed by atoms with van der Waals surface area (Å²) in [6.45, 7) is 2.31. The molecule has 0 spiro atoms. The molecule has 1 N–H and O–H groups in total. The Morgan fingerprint density at radius 3 is 2.85 bits per heavy atom. The van der Waals surface area contributed by atoms with E-state index in [1.54, 1.807) is 16.9 Å². The highest BCUT2D eigenvalue weighted by atomic mass is 32.1. The number of fused-ring (bicyclic) bond motifs is 1. The third kappa shape index (κ3) is 3.41. The Kier molecular flexibility index (Phi) is 4.57. The van der Waals surface area contributed by atoms with Crippen LogP contribution in [0.3, 0.4) is 0 Å². The average molecular weight is 370 g/mol. The fourth-order valence-electron chi connectivity index (χ4n) is 2.72. The van der Waals surface area contributed by atoms with E-state index in [0.717, 1.165) is 10.8 Å². The number of hydrogen-bond donors (Lipinski definition) is 1. The highest BCUT2D eigenvalue weighted by molar-refractivity contribution is 7.12. The van der Waals surface area contributed by atoms with Gasteiger partial charge in [0.05, 0.1) is 5.69 Å². The number of para-hydroxylation sites is 2. The smallest absolute Gasteiger partial charge is 0.265 e. The van der Waals surface area contributed by atoms with Crippen LogP contribution >= 0.6 is 11.3 Å². The maximum Gasteiger partial charge on any atom is 0.265 e. The number of aromatic nitrogens is 3. The lowest BCUT2D eigenvalue weighted by Crippen LogP contribution is -2.49. The first kappa shape index (κ1) is 16.6. The van der Waals surface area contributed by atoms with Crippen molar-refractivity contribution in [3.05, 3.63) is 53.8 Å². The lowest BCUT2D eigenvalue weighted by atomic mass is 10.1. The predicted molar refractivity (Wildman–Crippen MR) is 96.9 cm³/mol. The van der Waals surface area contributed by atoms with Crippen LogP contribution in [-0.4, -0.2) is 39.4 Å². The van der Waals surface area contributed by atoms with Crippen molar-refractivity contribution in [2.24, 2.45) is 0 Å². The van der Waals surface area contributed by atoms with Gasteiger partial charge in [0, 0.05) is 30.7 Å². The summed E-state index contributed by atoms with van der Waals surface area (Å²) >= 11 is 1.52. The molecule has 7 nitrogen and oxygen atoms in total. The molecule has 3 heterocycles. The highest BCUT2D eigenvalue weighted by Gasteiger charge is 2.33. The van der Waals surface area contributed by atoms with Crippen molar-refractivity contribution in [2.75, 3.05) is 6.54 Å². The normalized spacial score (nSPS) is 18.5. The van der Waals surface area contributed by atoms with Gasteiger partial charge in [0.25, 0.3) is 5.91 Å². The topological polar surface area (TPSA) is 78.3 Å². The molecule has 1 aliphatic rings. The van der Waals surface area contributed by atoms with E-state index < -0.39 is 6.10 Å². The summed E-state index contributed by atoms with van der Waals surface area (Å²) in [6.07, 6.45) is 3.19. The highest BCUT2D eigenvalue weighted by Crippen LogP contribution is 2.33. The number of amides is 1. The Hall–Kier alpha value is -2.87. The first-order valence-corrected chi connectivity index (χ1v) is 9.23. The molecule has 2 atom stereocenters. The molecule has 2 aromatic heterocycles. The summed E-state index contributed by atoms with van der Waals surface area (Å²) in [5.74, 6) is 1.07. The number of benzene rings is 1. The Morgan fingerprint density at radius 2 is 2.08 bits per heavy atom. The summed E-state index contributed by atoms with van der Waals surface area (Å²) in [5.41, 5.74) is 0.917. The first-order chi connectivity index (χ1) is 12.7. The van der Waals surface area contributed by atoms with Crippen LogP contribution in [0.4, 0.5) is 0 Å². The van der Waals surface area contributed by atoms with Crippen molar-refractivity contribution >= 4 is 17.2 Å². The van der Waals surface area contributed by atoms with Crippen molar-refractivity contribution in [3.8, 4) is 16.6 Å². The van der Waals surface area contributed by atoms with Crippen molar-refractivity contribution in [3.63, 3.8) is 0 Å². The van der Waals surface area contributed by atoms with Crippen LogP contribution in [0.1, 0.15) is 12.6 Å². The van der Waals surface area contributed by atoms with Crippen LogP contribution in [0.2, 0.25) is 0 Å². The van der Waals surface area contributed by atoms with Gasteiger partial charge in [-0.3, -0.25) is 4.79 Å². The van der Waals surface area contributed by atoms with Crippen molar-refractivity contribution in [1.29, 1.82) is 0 Å². The van der Waals surface area contributed by atoms with E-state index in [0.29, 0.717) is 24.5 Å². The monoisotopic (exact) mass is 370 g/mol. The minimum atomic E-state index is -0.667. The second kappa shape index (κ2) is 7.17. The number of ether oxygens (including phenoxy) is 2. The molecule has 8 heteroatoms. The molecule has 3 aromatic rings. The van der Waals surface area contributed by atoms with Crippen LogP contribution in [0.5, 0.6) is 11.5 Å². The van der Waals surface area contributed by atoms with Gasteiger partial charge in [-0.25, -0.2) is 9.67 Å². The number of rotatable bonds is 5. The second-order valence-electron chi connectivity index (χ2n) is 5.92. The van der Waals surface area contributed by atoms with Gasteiger partial charge >= 0.3 is 0 Å². The van der Waals surface area contributed by atoms with Gasteiger partial charge in [-0.05, 0) is 25.1 Å². The quantitative estimate of drug-likeness (QED) is 0.745. The molecular formula is C18H18N4O3S. The zero-order valence-corrected chi connectivity index (χ0v) is 15.0. The first-order valence-electron chi connectivity index (χ1n) is 8.35. The minimum Gasteiger partial charge on any atom is -0.482 e. The van der Waals surface area contributed by atoms with E-state index in [2.05, 4.69) is 15.4 Å². The molecule has 0 saturated heterocycles. The van der Waals surface area contributed by atoms with Gasteiger partial charge in [0.15, 0.2) is 11.5 Å². The number of hydrogen-bond acceptors (Lipinski definition) is 6. The second-order valence-corrected chi connectivity index (χ2v) is 6.76. The molecule has 0 fully saturated rings. The summed E-state index contributed by atoms with van der Waals surface area (Å²) in [6, 6.07) is 9.22. The third-order valence-corrected chi connectivity index (χ3v) is 4.90. The molecule has 0 radical (unpaired) electrons. The molecule has 1 amide bonds. The Balaban J connectivity index is 1.32. The zero-order chi connectivity index (χ0) is 17.9. The molecule has 0 saturated carbocycles. The number of thiazole rings is 1. The van der Waals surface area contributed by atoms with Crippen molar-refractivity contribution in [1.82, 2.24) is 20.1 Å². The van der Waals surface area contributed by atoms with Crippen LogP contribution in [0.15, 0.2) is 48.1 Å². The summed E-state index contributed by atoms with van der Waals surface area (Å²) in [4.78, 5) is 17.0. The van der Waals surface area contributed by atoms with E-state index in [4.69, 9.17) is 9.47 Å². The van der Waals surface area contributed by atoms with Crippen LogP contribution < -0.4 is 14.8 Å². The fraction of sp³-hybridized carbons (Fsp3) is 0.278. The predicted octanol–water partition coefficient (Wildman–Crippen LogP) is 2.22. The van der Waals surface area contributed by atoms with E-state index >= 15 is 0 Å². The van der Waals surface area contributed by atoms with Crippen LogP contribution in [0, 0.1) is 0 Å². The number of nitrogens with zero attached hydrogens (tertiary/aromatic N) is 3. The largest absolute Gasteiger partial charge is 0.482 e. The summed E-state index contributed by atoms with van der Waals surface area (Å²) < 4.78 is 13.3. The Labute approximate surface area is 154 Å². The van der Waals surface area contributed by atoms with Crippen LogP contribution in [0.25, 0.3) is 5.13 Å². The van der Waals surface area contributed by atoms with E-state index in [1.807, 2.05) is 42.8 Å². The molecule has 2 unspecified atom stereocenters. The van der Waals surface area contributed by atoms with E-state index in [1.165, 1.54) is 11.3 Å². The van der Waals surface area contributed by atoms with E-state index in [9.17, 15) is 4.79 Å². The van der Waals surface area contributed by atoms with Gasteiger partial charge in [-0.1, -0.05) is 12.1 Å². The van der Waals surface area contributed by atoms with Gasteiger partial charge in [-0.2, -0.15) is 5.10 Å².